The zero-order chi connectivity index (χ0) is 61.1. The normalized spacial score (nSPS) is 11.0. The summed E-state index contributed by atoms with van der Waals surface area (Å²) in [5, 5.41) is 2.34. The molecule has 0 bridgehead atoms. The standard InChI is InChI=1S/C53H46N.C35H32N.Ir/c1-38-19-16-20-39(2)52(38)53-50-36-47(42-26-12-6-13-27-42)35-48(43-28-14-7-15-29-43)49(50)37-51(54-53)46-32-18-31-45(34-46)44-30-17-25-41(33-44)24-9-4-3-8-21-40-22-10-5-11-23-40;1(5-13-28-14-7-3-8-15-28)2-6-16-29-17-11-20-31(25-29)32-21-12-22-34(26-32)35-27-33(23-24-36-35)30-18-9-4-10-19-30;/h5-7,10-20,22-23,25-31,33-37H,3-4,8-9,21,24H2,1-2H3;3-4,7-12,14-15,17-21,23-27H,1-2,5-6,13,16H2;/q2*-1;. The number of nitrogens with zero attached hydrogens (tertiary/aromatic N) is 2. The van der Waals surface area contributed by atoms with Gasteiger partial charge in [-0.3, -0.25) is 4.98 Å². The first-order valence-corrected chi connectivity index (χ1v) is 32.4. The van der Waals surface area contributed by atoms with Crippen LogP contribution in [0.4, 0.5) is 0 Å². The molecule has 1 radical (unpaired) electrons. The van der Waals surface area contributed by atoms with Gasteiger partial charge in [0.15, 0.2) is 0 Å². The first-order valence-electron chi connectivity index (χ1n) is 32.4. The molecule has 0 saturated carbocycles. The van der Waals surface area contributed by atoms with Crippen molar-refractivity contribution in [2.45, 2.75) is 90.9 Å². The van der Waals surface area contributed by atoms with Crippen LogP contribution >= 0.6 is 0 Å². The van der Waals surface area contributed by atoms with E-state index in [4.69, 9.17) is 4.98 Å². The first kappa shape index (κ1) is 63.2. The molecule has 0 spiro atoms. The Hall–Kier alpha value is -9.37. The molecule has 0 aliphatic heterocycles. The van der Waals surface area contributed by atoms with Crippen molar-refractivity contribution in [1.82, 2.24) is 9.97 Å². The van der Waals surface area contributed by atoms with Crippen LogP contribution in [0.2, 0.25) is 0 Å². The topological polar surface area (TPSA) is 25.8 Å². The summed E-state index contributed by atoms with van der Waals surface area (Å²) in [6.07, 6.45) is 16.6. The van der Waals surface area contributed by atoms with E-state index in [9.17, 15) is 0 Å². The van der Waals surface area contributed by atoms with Crippen LogP contribution in [0.25, 0.3) is 100 Å². The fraction of sp³-hybridized carbons (Fsp3) is 0.159. The Morgan fingerprint density at radius 1 is 0.297 bits per heavy atom. The Morgan fingerprint density at radius 2 is 0.703 bits per heavy atom. The fourth-order valence-electron chi connectivity index (χ4n) is 12.6. The summed E-state index contributed by atoms with van der Waals surface area (Å²) in [6, 6.07) is 109. The molecule has 0 atom stereocenters. The molecule has 2 nitrogen and oxygen atoms in total. The van der Waals surface area contributed by atoms with Gasteiger partial charge in [0, 0.05) is 37.3 Å². The second kappa shape index (κ2) is 31.9. The number of rotatable bonds is 22. The van der Waals surface area contributed by atoms with Crippen LogP contribution in [0.5, 0.6) is 0 Å². The molecule has 0 amide bonds. The third-order valence-electron chi connectivity index (χ3n) is 17.4. The van der Waals surface area contributed by atoms with E-state index in [0.29, 0.717) is 0 Å². The van der Waals surface area contributed by atoms with Gasteiger partial charge in [0.05, 0.1) is 5.69 Å². The Kier molecular flexibility index (Phi) is 22.1. The van der Waals surface area contributed by atoms with Crippen LogP contribution in [0.1, 0.15) is 84.7 Å². The third-order valence-corrected chi connectivity index (χ3v) is 17.4. The minimum atomic E-state index is 0. The molecular weight excluding hydrogens is 1280 g/mol. The van der Waals surface area contributed by atoms with Crippen LogP contribution in [0, 0.1) is 26.0 Å². The smallest absolute Gasteiger partial charge is 0.0679 e. The van der Waals surface area contributed by atoms with Gasteiger partial charge < -0.3 is 4.98 Å². The molecule has 11 aromatic carbocycles. The van der Waals surface area contributed by atoms with E-state index in [-0.39, 0.29) is 20.1 Å². The van der Waals surface area contributed by atoms with Crippen LogP contribution < -0.4 is 0 Å². The van der Waals surface area contributed by atoms with Crippen molar-refractivity contribution < 1.29 is 20.1 Å². The molecule has 0 unspecified atom stereocenters. The second-order valence-electron chi connectivity index (χ2n) is 24.0. The van der Waals surface area contributed by atoms with E-state index in [1.54, 1.807) is 0 Å². The second-order valence-corrected chi connectivity index (χ2v) is 24.0. The third kappa shape index (κ3) is 16.7. The number of aryl methyl sites for hydroxylation is 6. The summed E-state index contributed by atoms with van der Waals surface area (Å²) < 4.78 is 0. The van der Waals surface area contributed by atoms with Crippen LogP contribution in [0.3, 0.4) is 0 Å². The van der Waals surface area contributed by atoms with Gasteiger partial charge in [-0.05, 0) is 178 Å². The number of benzene rings is 11. The Bertz CT molecular complexity index is 4410. The molecule has 13 aromatic rings. The maximum absolute atomic E-state index is 5.54. The quantitative estimate of drug-likeness (QED) is 0.0499. The summed E-state index contributed by atoms with van der Waals surface area (Å²) in [5.41, 5.74) is 26.3. The van der Waals surface area contributed by atoms with E-state index in [1.807, 2.05) is 18.3 Å². The molecule has 2 aromatic heterocycles. The van der Waals surface area contributed by atoms with Gasteiger partial charge in [0.1, 0.15) is 0 Å². The zero-order valence-corrected chi connectivity index (χ0v) is 54.8. The van der Waals surface area contributed by atoms with Gasteiger partial charge in [-0.15, -0.1) is 70.8 Å². The average molecular weight is 1360 g/mol. The largest absolute Gasteiger partial charge is 0.305 e. The van der Waals surface area contributed by atoms with E-state index < -0.39 is 0 Å². The first-order chi connectivity index (χ1) is 44.5. The zero-order valence-electron chi connectivity index (χ0n) is 52.4. The van der Waals surface area contributed by atoms with Crippen LogP contribution in [-0.2, 0) is 45.8 Å². The summed E-state index contributed by atoms with van der Waals surface area (Å²) in [5.74, 6) is 0. The van der Waals surface area contributed by atoms with Crippen molar-refractivity contribution in [2.24, 2.45) is 0 Å². The van der Waals surface area contributed by atoms with Crippen molar-refractivity contribution in [1.29, 1.82) is 0 Å². The summed E-state index contributed by atoms with van der Waals surface area (Å²) in [4.78, 5) is 10.2. The predicted molar refractivity (Wildman–Crippen MR) is 381 cm³/mol. The summed E-state index contributed by atoms with van der Waals surface area (Å²) in [7, 11) is 0. The molecule has 0 fully saturated rings. The monoisotopic (exact) mass is 1360 g/mol. The van der Waals surface area contributed by atoms with Crippen molar-refractivity contribution in [2.75, 3.05) is 0 Å². The molecule has 91 heavy (non-hydrogen) atoms. The van der Waals surface area contributed by atoms with E-state index >= 15 is 0 Å². The van der Waals surface area contributed by atoms with Crippen LogP contribution in [-0.4, -0.2) is 9.97 Å². The fourth-order valence-corrected chi connectivity index (χ4v) is 12.6. The molecule has 2 heterocycles. The SMILES string of the molecule is Cc1cccc(C)c1-c1nc(-c2[c-]ccc(-c3cccc(CCCCCCc4ccccc4)c3)c2)cc2c(-c3ccccc3)cc(-c3ccccc3)cc12.[Ir].[c-]1ccc(-c2cccc(CCCCCCc3ccccc3)c2)cc1-c1cc(-c2ccccc2)ccn1. The molecule has 0 aliphatic rings. The van der Waals surface area contributed by atoms with E-state index in [2.05, 4.69) is 304 Å². The molecule has 0 N–H and O–H groups in total. The number of hydrogen-bond donors (Lipinski definition) is 0. The van der Waals surface area contributed by atoms with Gasteiger partial charge in [-0.1, -0.05) is 256 Å². The van der Waals surface area contributed by atoms with Crippen molar-refractivity contribution in [3.05, 3.63) is 337 Å². The van der Waals surface area contributed by atoms with Gasteiger partial charge >= 0.3 is 0 Å². The molecule has 451 valence electrons. The Morgan fingerprint density at radius 3 is 1.22 bits per heavy atom. The van der Waals surface area contributed by atoms with Crippen LogP contribution in [0.15, 0.2) is 291 Å². The van der Waals surface area contributed by atoms with Crippen molar-refractivity contribution >= 4 is 10.8 Å². The van der Waals surface area contributed by atoms with Crippen molar-refractivity contribution in [3.8, 4) is 89.4 Å². The maximum atomic E-state index is 5.54. The predicted octanol–water partition coefficient (Wildman–Crippen LogP) is 23.6. The minimum absolute atomic E-state index is 0. The van der Waals surface area contributed by atoms with E-state index in [0.717, 1.165) is 46.4 Å². The molecule has 0 aliphatic carbocycles. The maximum Gasteiger partial charge on any atom is 0.0679 e. The number of pyridine rings is 2. The summed E-state index contributed by atoms with van der Waals surface area (Å²) >= 11 is 0. The molecule has 3 heteroatoms. The van der Waals surface area contributed by atoms with Crippen molar-refractivity contribution in [3.63, 3.8) is 0 Å². The number of fused-ring (bicyclic) bond motifs is 1. The number of hydrogen-bond acceptors (Lipinski definition) is 2. The minimum Gasteiger partial charge on any atom is -0.305 e. The van der Waals surface area contributed by atoms with Gasteiger partial charge in [0.2, 0.25) is 0 Å². The van der Waals surface area contributed by atoms with Gasteiger partial charge in [-0.25, -0.2) is 0 Å². The molecule has 13 rings (SSSR count). The van der Waals surface area contributed by atoms with E-state index in [1.165, 1.54) is 164 Å². The summed E-state index contributed by atoms with van der Waals surface area (Å²) in [6.45, 7) is 4.40. The Balaban J connectivity index is 0.000000200. The Labute approximate surface area is 554 Å². The number of unbranched alkanes of at least 4 members (excludes halogenated alkanes) is 6. The number of aromatic nitrogens is 2. The molecular formula is C88H78IrN2-2. The van der Waals surface area contributed by atoms with Gasteiger partial charge in [0.25, 0.3) is 0 Å². The molecule has 0 saturated heterocycles. The average Bonchev–Trinajstić information content (AvgIpc) is 0.773. The van der Waals surface area contributed by atoms with Gasteiger partial charge in [-0.2, -0.15) is 0 Å².